The van der Waals surface area contributed by atoms with Gasteiger partial charge in [-0.2, -0.15) is 26.3 Å². The van der Waals surface area contributed by atoms with Crippen LogP contribution in [0, 0.1) is 0 Å². The number of benzene rings is 2. The highest BCUT2D eigenvalue weighted by molar-refractivity contribution is 5.93. The predicted molar refractivity (Wildman–Crippen MR) is 80.0 cm³/mol. The zero-order valence-corrected chi connectivity index (χ0v) is 12.5. The molecule has 0 spiro atoms. The lowest BCUT2D eigenvalue weighted by atomic mass is 10.2. The molecular formula is C16H12F6N2O. The van der Waals surface area contributed by atoms with E-state index in [-0.39, 0.29) is 11.4 Å². The molecule has 9 heteroatoms. The van der Waals surface area contributed by atoms with Crippen molar-refractivity contribution in [3.05, 3.63) is 59.7 Å². The number of nitrogens with one attached hydrogen (secondary N) is 2. The highest BCUT2D eigenvalue weighted by Crippen LogP contribution is 2.31. The van der Waals surface area contributed by atoms with Crippen LogP contribution < -0.4 is 10.6 Å². The van der Waals surface area contributed by atoms with Crippen LogP contribution in [0.15, 0.2) is 48.5 Å². The van der Waals surface area contributed by atoms with Gasteiger partial charge in [0.15, 0.2) is 0 Å². The Balaban J connectivity index is 1.98. The van der Waals surface area contributed by atoms with Gasteiger partial charge in [-0.1, -0.05) is 12.1 Å². The zero-order valence-electron chi connectivity index (χ0n) is 12.5. The summed E-state index contributed by atoms with van der Waals surface area (Å²) in [4.78, 5) is 11.8. The number of alkyl halides is 6. The lowest BCUT2D eigenvalue weighted by Gasteiger charge is -2.12. The lowest BCUT2D eigenvalue weighted by Crippen LogP contribution is -2.22. The molecule has 25 heavy (non-hydrogen) atoms. The van der Waals surface area contributed by atoms with E-state index in [0.29, 0.717) is 0 Å². The highest BCUT2D eigenvalue weighted by atomic mass is 19.4. The Bertz CT molecular complexity index is 755. The summed E-state index contributed by atoms with van der Waals surface area (Å²) < 4.78 is 75.5. The average molecular weight is 362 g/mol. The molecule has 0 aliphatic rings. The van der Waals surface area contributed by atoms with Gasteiger partial charge < -0.3 is 10.6 Å². The van der Waals surface area contributed by atoms with Gasteiger partial charge in [-0.05, 0) is 36.4 Å². The Morgan fingerprint density at radius 2 is 1.28 bits per heavy atom. The van der Waals surface area contributed by atoms with E-state index in [1.54, 1.807) is 0 Å². The van der Waals surface area contributed by atoms with Crippen molar-refractivity contribution >= 4 is 17.3 Å². The largest absolute Gasteiger partial charge is 0.416 e. The third-order valence-corrected chi connectivity index (χ3v) is 3.12. The maximum Gasteiger partial charge on any atom is 0.416 e. The van der Waals surface area contributed by atoms with Crippen LogP contribution in [-0.2, 0) is 17.1 Å². The molecule has 0 aromatic heterocycles. The van der Waals surface area contributed by atoms with Crippen molar-refractivity contribution in [2.45, 2.75) is 12.4 Å². The zero-order chi connectivity index (χ0) is 18.7. The molecule has 0 heterocycles. The van der Waals surface area contributed by atoms with Crippen molar-refractivity contribution in [2.24, 2.45) is 0 Å². The highest BCUT2D eigenvalue weighted by Gasteiger charge is 2.31. The van der Waals surface area contributed by atoms with Gasteiger partial charge in [-0.15, -0.1) is 0 Å². The maximum atomic E-state index is 12.6. The second-order valence-electron chi connectivity index (χ2n) is 5.06. The molecule has 0 saturated heterocycles. The van der Waals surface area contributed by atoms with Gasteiger partial charge in [0.25, 0.3) is 0 Å². The first-order valence-electron chi connectivity index (χ1n) is 6.94. The number of anilines is 2. The second kappa shape index (κ2) is 7.04. The molecule has 2 N–H and O–H groups in total. The van der Waals surface area contributed by atoms with Crippen molar-refractivity contribution < 1.29 is 31.1 Å². The molecular weight excluding hydrogens is 350 g/mol. The van der Waals surface area contributed by atoms with E-state index in [4.69, 9.17) is 0 Å². The van der Waals surface area contributed by atoms with Crippen LogP contribution in [-0.4, -0.2) is 12.5 Å². The topological polar surface area (TPSA) is 41.1 Å². The van der Waals surface area contributed by atoms with Crippen LogP contribution >= 0.6 is 0 Å². The summed E-state index contributed by atoms with van der Waals surface area (Å²) in [5.41, 5.74) is -1.80. The van der Waals surface area contributed by atoms with Gasteiger partial charge in [-0.3, -0.25) is 4.79 Å². The van der Waals surface area contributed by atoms with Crippen molar-refractivity contribution in [3.63, 3.8) is 0 Å². The van der Waals surface area contributed by atoms with E-state index in [0.717, 1.165) is 30.3 Å². The monoisotopic (exact) mass is 362 g/mol. The Kier molecular flexibility index (Phi) is 5.24. The van der Waals surface area contributed by atoms with Gasteiger partial charge >= 0.3 is 12.4 Å². The molecule has 0 aliphatic heterocycles. The molecule has 0 radical (unpaired) electrons. The first kappa shape index (κ1) is 18.6. The van der Waals surface area contributed by atoms with Gasteiger partial charge in [0.1, 0.15) is 0 Å². The van der Waals surface area contributed by atoms with Gasteiger partial charge in [0, 0.05) is 11.4 Å². The van der Waals surface area contributed by atoms with Crippen LogP contribution in [0.25, 0.3) is 0 Å². The summed E-state index contributed by atoms with van der Waals surface area (Å²) in [6.07, 6.45) is -9.06. The Labute approximate surface area is 138 Å². The minimum Gasteiger partial charge on any atom is -0.376 e. The van der Waals surface area contributed by atoms with E-state index >= 15 is 0 Å². The van der Waals surface area contributed by atoms with Crippen LogP contribution in [0.1, 0.15) is 11.1 Å². The third-order valence-electron chi connectivity index (χ3n) is 3.12. The van der Waals surface area contributed by atoms with E-state index in [1.165, 1.54) is 18.2 Å². The minimum atomic E-state index is -4.54. The quantitative estimate of drug-likeness (QED) is 0.769. The number of rotatable bonds is 4. The standard InChI is InChI=1S/C16H12F6N2O/c17-15(18,19)10-3-1-5-12(7-10)23-9-14(25)24-13-6-2-4-11(8-13)16(20,21)22/h1-8,23H,9H2,(H,24,25). The minimum absolute atomic E-state index is 0.0639. The van der Waals surface area contributed by atoms with Crippen LogP contribution in [0.5, 0.6) is 0 Å². The molecule has 1 amide bonds. The second-order valence-corrected chi connectivity index (χ2v) is 5.06. The smallest absolute Gasteiger partial charge is 0.376 e. The fourth-order valence-electron chi connectivity index (χ4n) is 1.97. The van der Waals surface area contributed by atoms with E-state index in [9.17, 15) is 31.1 Å². The van der Waals surface area contributed by atoms with Crippen molar-refractivity contribution in [1.29, 1.82) is 0 Å². The molecule has 0 unspecified atom stereocenters. The molecule has 2 aromatic carbocycles. The van der Waals surface area contributed by atoms with E-state index in [2.05, 4.69) is 10.6 Å². The first-order chi connectivity index (χ1) is 11.6. The summed E-state index contributed by atoms with van der Waals surface area (Å²) in [5, 5.41) is 4.73. The molecule has 2 rings (SSSR count). The molecule has 0 fully saturated rings. The summed E-state index contributed by atoms with van der Waals surface area (Å²) >= 11 is 0. The number of hydrogen-bond acceptors (Lipinski definition) is 2. The van der Waals surface area contributed by atoms with Crippen LogP contribution in [0.4, 0.5) is 37.7 Å². The van der Waals surface area contributed by atoms with Crippen molar-refractivity contribution in [2.75, 3.05) is 17.2 Å². The van der Waals surface area contributed by atoms with Gasteiger partial charge in [-0.25, -0.2) is 0 Å². The van der Waals surface area contributed by atoms with Crippen LogP contribution in [0.3, 0.4) is 0 Å². The van der Waals surface area contributed by atoms with E-state index < -0.39 is 35.9 Å². The van der Waals surface area contributed by atoms with Crippen LogP contribution in [0.2, 0.25) is 0 Å². The maximum absolute atomic E-state index is 12.6. The fourth-order valence-corrected chi connectivity index (χ4v) is 1.97. The molecule has 3 nitrogen and oxygen atoms in total. The first-order valence-corrected chi connectivity index (χ1v) is 6.94. The molecule has 0 saturated carbocycles. The Morgan fingerprint density at radius 3 is 1.80 bits per heavy atom. The normalized spacial score (nSPS) is 11.9. The summed E-state index contributed by atoms with van der Waals surface area (Å²) in [6.45, 7) is -0.405. The number of halogens is 6. The summed E-state index contributed by atoms with van der Waals surface area (Å²) in [6, 6.07) is 8.27. The molecule has 134 valence electrons. The third kappa shape index (κ3) is 5.40. The Morgan fingerprint density at radius 1 is 0.800 bits per heavy atom. The molecule has 2 aromatic rings. The molecule has 0 bridgehead atoms. The summed E-state index contributed by atoms with van der Waals surface area (Å²) in [7, 11) is 0. The number of amides is 1. The van der Waals surface area contributed by atoms with Crippen molar-refractivity contribution in [3.8, 4) is 0 Å². The Hall–Kier alpha value is -2.71. The van der Waals surface area contributed by atoms with E-state index in [1.807, 2.05) is 0 Å². The van der Waals surface area contributed by atoms with Gasteiger partial charge in [0.05, 0.1) is 17.7 Å². The predicted octanol–water partition coefficient (Wildman–Crippen LogP) is 4.77. The summed E-state index contributed by atoms with van der Waals surface area (Å²) in [5.74, 6) is -0.697. The average Bonchev–Trinajstić information content (AvgIpc) is 2.52. The number of carbonyl (C=O) groups is 1. The number of carbonyl (C=O) groups excluding carboxylic acids is 1. The fraction of sp³-hybridized carbons (Fsp3) is 0.188. The molecule has 0 atom stereocenters. The lowest BCUT2D eigenvalue weighted by molar-refractivity contribution is -0.138. The SMILES string of the molecule is O=C(CNc1cccc(C(F)(F)F)c1)Nc1cccc(C(F)(F)F)c1. The van der Waals surface area contributed by atoms with Crippen molar-refractivity contribution in [1.82, 2.24) is 0 Å². The number of hydrogen-bond donors (Lipinski definition) is 2. The van der Waals surface area contributed by atoms with Gasteiger partial charge in [0.2, 0.25) is 5.91 Å². The molecule has 0 aliphatic carbocycles.